The summed E-state index contributed by atoms with van der Waals surface area (Å²) in [6, 6.07) is 11.2. The van der Waals surface area contributed by atoms with E-state index in [2.05, 4.69) is 10.3 Å². The Morgan fingerprint density at radius 2 is 1.96 bits per heavy atom. The summed E-state index contributed by atoms with van der Waals surface area (Å²) in [6.45, 7) is 2.72. The lowest BCUT2D eigenvalue weighted by Gasteiger charge is -2.32. The number of amides is 2. The van der Waals surface area contributed by atoms with Crippen molar-refractivity contribution in [2.24, 2.45) is 0 Å². The smallest absolute Gasteiger partial charge is 0.272 e. The summed E-state index contributed by atoms with van der Waals surface area (Å²) in [5.74, 6) is -0.119. The van der Waals surface area contributed by atoms with Crippen LogP contribution in [0.5, 0.6) is 0 Å². The number of nitrogens with zero attached hydrogens (tertiary/aromatic N) is 3. The number of hydrogen-bond acceptors (Lipinski definition) is 4. The van der Waals surface area contributed by atoms with Gasteiger partial charge >= 0.3 is 0 Å². The Morgan fingerprint density at radius 1 is 1.20 bits per heavy atom. The summed E-state index contributed by atoms with van der Waals surface area (Å²) in [4.78, 5) is 30.9. The average molecular weight is 359 g/mol. The molecule has 0 saturated carbocycles. The van der Waals surface area contributed by atoms with Gasteiger partial charge < -0.3 is 15.1 Å². The van der Waals surface area contributed by atoms with Gasteiger partial charge in [0.15, 0.2) is 0 Å². The van der Waals surface area contributed by atoms with Crippen molar-refractivity contribution in [1.82, 2.24) is 14.8 Å². The number of hydrogen-bond donors (Lipinski definition) is 1. The topological polar surface area (TPSA) is 65.5 Å². The van der Waals surface area contributed by atoms with Crippen LogP contribution in [0, 0.1) is 0 Å². The maximum Gasteiger partial charge on any atom is 0.272 e. The van der Waals surface area contributed by atoms with Gasteiger partial charge in [0, 0.05) is 49.6 Å². The monoisotopic (exact) mass is 358 g/mol. The number of anilines is 1. The van der Waals surface area contributed by atoms with Crippen LogP contribution < -0.4 is 5.32 Å². The fraction of sp³-hybridized carbons (Fsp3) is 0.278. The van der Waals surface area contributed by atoms with E-state index in [9.17, 15) is 9.59 Å². The molecule has 7 heteroatoms. The number of carbonyl (C=O) groups excluding carboxylic acids is 2. The molecule has 0 bridgehead atoms. The number of carbonyl (C=O) groups is 2. The molecule has 6 nitrogen and oxygen atoms in total. The van der Waals surface area contributed by atoms with Crippen LogP contribution in [0.4, 0.5) is 5.69 Å². The van der Waals surface area contributed by atoms with Crippen LogP contribution in [0.1, 0.15) is 16.1 Å². The van der Waals surface area contributed by atoms with Crippen molar-refractivity contribution in [1.29, 1.82) is 0 Å². The van der Waals surface area contributed by atoms with Crippen molar-refractivity contribution in [3.8, 4) is 0 Å². The van der Waals surface area contributed by atoms with Gasteiger partial charge in [-0.3, -0.25) is 14.6 Å². The van der Waals surface area contributed by atoms with Crippen LogP contribution >= 0.6 is 11.6 Å². The fourth-order valence-corrected chi connectivity index (χ4v) is 2.89. The third-order valence-corrected chi connectivity index (χ3v) is 4.54. The van der Waals surface area contributed by atoms with E-state index in [4.69, 9.17) is 11.6 Å². The number of benzene rings is 1. The highest BCUT2D eigenvalue weighted by Gasteiger charge is 2.22. The number of piperazine rings is 1. The Hall–Kier alpha value is -2.60. The summed E-state index contributed by atoms with van der Waals surface area (Å²) < 4.78 is 0. The van der Waals surface area contributed by atoms with Crippen molar-refractivity contribution in [3.05, 3.63) is 58.9 Å². The van der Waals surface area contributed by atoms with Gasteiger partial charge in [-0.05, 0) is 23.8 Å². The third kappa shape index (κ3) is 4.28. The molecule has 1 aliphatic heterocycles. The first kappa shape index (κ1) is 17.2. The molecule has 0 radical (unpaired) electrons. The number of nitrogens with one attached hydrogen (secondary N) is 1. The lowest BCUT2D eigenvalue weighted by atomic mass is 10.2. The predicted molar refractivity (Wildman–Crippen MR) is 96.6 cm³/mol. The van der Waals surface area contributed by atoms with Crippen LogP contribution in [0.3, 0.4) is 0 Å². The summed E-state index contributed by atoms with van der Waals surface area (Å²) in [6.07, 6.45) is 2.43. The van der Waals surface area contributed by atoms with Crippen LogP contribution in [-0.2, 0) is 11.3 Å². The standard InChI is InChI=1S/C18H19ClN4O2/c19-16-4-2-1-3-14(16)12-21-15-5-6-20-17(11-15)18(25)23-9-7-22(13-24)8-10-23/h1-6,11,13H,7-10,12H2,(H,20,21). The normalized spacial score (nSPS) is 14.3. The minimum atomic E-state index is -0.119. The molecule has 3 rings (SSSR count). The van der Waals surface area contributed by atoms with Crippen molar-refractivity contribution in [2.75, 3.05) is 31.5 Å². The predicted octanol–water partition coefficient (Wildman–Crippen LogP) is 2.26. The Kier molecular flexibility index (Phi) is 5.50. The van der Waals surface area contributed by atoms with Crippen molar-refractivity contribution in [2.45, 2.75) is 6.54 Å². The molecule has 2 heterocycles. The van der Waals surface area contributed by atoms with E-state index in [1.54, 1.807) is 22.1 Å². The van der Waals surface area contributed by atoms with Gasteiger partial charge in [-0.1, -0.05) is 29.8 Å². The molecule has 1 N–H and O–H groups in total. The molecule has 2 aromatic rings. The Bertz CT molecular complexity index is 760. The highest BCUT2D eigenvalue weighted by Crippen LogP contribution is 2.17. The molecule has 1 saturated heterocycles. The van der Waals surface area contributed by atoms with Gasteiger partial charge in [0.2, 0.25) is 6.41 Å². The number of rotatable bonds is 5. The Labute approximate surface area is 151 Å². The second-order valence-corrected chi connectivity index (χ2v) is 6.22. The maximum absolute atomic E-state index is 12.6. The minimum Gasteiger partial charge on any atom is -0.381 e. The molecule has 1 aliphatic rings. The highest BCUT2D eigenvalue weighted by molar-refractivity contribution is 6.31. The van der Waals surface area contributed by atoms with E-state index in [-0.39, 0.29) is 5.91 Å². The van der Waals surface area contributed by atoms with Crippen molar-refractivity contribution < 1.29 is 9.59 Å². The third-order valence-electron chi connectivity index (χ3n) is 4.17. The van der Waals surface area contributed by atoms with E-state index in [0.29, 0.717) is 43.4 Å². The number of aromatic nitrogens is 1. The number of halogens is 1. The van der Waals surface area contributed by atoms with Crippen LogP contribution in [0.25, 0.3) is 0 Å². The summed E-state index contributed by atoms with van der Waals surface area (Å²) in [5, 5.41) is 3.97. The zero-order valence-electron chi connectivity index (χ0n) is 13.7. The minimum absolute atomic E-state index is 0.119. The molecule has 130 valence electrons. The first-order valence-electron chi connectivity index (χ1n) is 8.09. The molecule has 0 unspecified atom stereocenters. The average Bonchev–Trinajstić information content (AvgIpc) is 2.67. The van der Waals surface area contributed by atoms with Crippen LogP contribution in [-0.4, -0.2) is 53.3 Å². The zero-order chi connectivity index (χ0) is 17.6. The van der Waals surface area contributed by atoms with Crippen LogP contribution in [0.2, 0.25) is 5.02 Å². The van der Waals surface area contributed by atoms with E-state index in [0.717, 1.165) is 17.7 Å². The van der Waals surface area contributed by atoms with Crippen molar-refractivity contribution in [3.63, 3.8) is 0 Å². The molecule has 1 aromatic heterocycles. The van der Waals surface area contributed by atoms with Gasteiger partial charge in [0.25, 0.3) is 5.91 Å². The SMILES string of the molecule is O=CN1CCN(C(=O)c2cc(NCc3ccccc3Cl)ccn2)CC1. The summed E-state index contributed by atoms with van der Waals surface area (Å²) in [5.41, 5.74) is 2.19. The molecule has 1 aromatic carbocycles. The molecule has 1 fully saturated rings. The summed E-state index contributed by atoms with van der Waals surface area (Å²) >= 11 is 6.16. The van der Waals surface area contributed by atoms with Crippen molar-refractivity contribution >= 4 is 29.6 Å². The fourth-order valence-electron chi connectivity index (χ4n) is 2.69. The molecule has 0 atom stereocenters. The van der Waals surface area contributed by atoms with Crippen LogP contribution in [0.15, 0.2) is 42.6 Å². The van der Waals surface area contributed by atoms with Gasteiger partial charge in [-0.2, -0.15) is 0 Å². The first-order chi connectivity index (χ1) is 12.2. The van der Waals surface area contributed by atoms with E-state index in [1.807, 2.05) is 30.3 Å². The summed E-state index contributed by atoms with van der Waals surface area (Å²) in [7, 11) is 0. The second kappa shape index (κ2) is 7.98. The lowest BCUT2D eigenvalue weighted by molar-refractivity contribution is -0.119. The molecule has 2 amide bonds. The quantitative estimate of drug-likeness (QED) is 0.833. The molecular weight excluding hydrogens is 340 g/mol. The Morgan fingerprint density at radius 3 is 2.68 bits per heavy atom. The van der Waals surface area contributed by atoms with Gasteiger partial charge in [-0.25, -0.2) is 0 Å². The maximum atomic E-state index is 12.6. The second-order valence-electron chi connectivity index (χ2n) is 5.81. The number of pyridine rings is 1. The Balaban J connectivity index is 1.64. The van der Waals surface area contributed by atoms with Gasteiger partial charge in [0.1, 0.15) is 5.69 Å². The van der Waals surface area contributed by atoms with E-state index < -0.39 is 0 Å². The molecular formula is C18H19ClN4O2. The lowest BCUT2D eigenvalue weighted by Crippen LogP contribution is -2.48. The molecule has 0 aliphatic carbocycles. The largest absolute Gasteiger partial charge is 0.381 e. The van der Waals surface area contributed by atoms with E-state index >= 15 is 0 Å². The first-order valence-corrected chi connectivity index (χ1v) is 8.47. The molecule has 0 spiro atoms. The highest BCUT2D eigenvalue weighted by atomic mass is 35.5. The van der Waals surface area contributed by atoms with Gasteiger partial charge in [-0.15, -0.1) is 0 Å². The zero-order valence-corrected chi connectivity index (χ0v) is 14.4. The van der Waals surface area contributed by atoms with Gasteiger partial charge in [0.05, 0.1) is 0 Å². The molecule has 25 heavy (non-hydrogen) atoms. The van der Waals surface area contributed by atoms with E-state index in [1.165, 1.54) is 0 Å².